The molecule has 0 radical (unpaired) electrons. The molecule has 2 fully saturated rings. The van der Waals surface area contributed by atoms with Gasteiger partial charge in [0, 0.05) is 38.6 Å². The fourth-order valence-corrected chi connectivity index (χ4v) is 4.54. The number of aromatic nitrogens is 2. The normalized spacial score (nSPS) is 21.8. The van der Waals surface area contributed by atoms with E-state index in [1.165, 1.54) is 17.8 Å². The maximum absolute atomic E-state index is 12.5. The van der Waals surface area contributed by atoms with Crippen LogP contribution in [0.5, 0.6) is 0 Å². The number of hydrogen-bond acceptors (Lipinski definition) is 6. The molecule has 0 aliphatic carbocycles. The summed E-state index contributed by atoms with van der Waals surface area (Å²) in [6, 6.07) is 3.85. The van der Waals surface area contributed by atoms with Crippen molar-refractivity contribution in [3.63, 3.8) is 0 Å². The van der Waals surface area contributed by atoms with Gasteiger partial charge in [0.2, 0.25) is 5.89 Å². The summed E-state index contributed by atoms with van der Waals surface area (Å²) in [5.41, 5.74) is 0. The second kappa shape index (κ2) is 8.31. The second-order valence-electron chi connectivity index (χ2n) is 7.21. The molecule has 4 rings (SSSR count). The maximum Gasteiger partial charge on any atom is 0.263 e. The summed E-state index contributed by atoms with van der Waals surface area (Å²) in [5.74, 6) is 2.59. The molecule has 0 bridgehead atoms. The predicted octanol–water partition coefficient (Wildman–Crippen LogP) is 3.51. The molecule has 0 saturated carbocycles. The van der Waals surface area contributed by atoms with E-state index in [0.29, 0.717) is 11.8 Å². The number of ether oxygens (including phenoxy) is 1. The van der Waals surface area contributed by atoms with Gasteiger partial charge < -0.3 is 14.2 Å². The number of nitrogens with zero attached hydrogens (tertiary/aromatic N) is 3. The Morgan fingerprint density at radius 3 is 3.00 bits per heavy atom. The van der Waals surface area contributed by atoms with Crippen LogP contribution >= 0.6 is 11.3 Å². The van der Waals surface area contributed by atoms with Crippen molar-refractivity contribution < 1.29 is 14.1 Å². The van der Waals surface area contributed by atoms with Gasteiger partial charge in [0.15, 0.2) is 5.82 Å². The van der Waals surface area contributed by atoms with Gasteiger partial charge in [0.05, 0.1) is 4.88 Å². The van der Waals surface area contributed by atoms with Crippen molar-refractivity contribution >= 4 is 17.2 Å². The number of hydrogen-bond donors (Lipinski definition) is 0. The molecule has 2 aliphatic rings. The Bertz CT molecular complexity index is 709. The summed E-state index contributed by atoms with van der Waals surface area (Å²) in [7, 11) is 0. The minimum Gasteiger partial charge on any atom is -0.381 e. The number of thiophene rings is 1. The van der Waals surface area contributed by atoms with Crippen LogP contribution in [0.4, 0.5) is 0 Å². The summed E-state index contributed by atoms with van der Waals surface area (Å²) in [6.45, 7) is 3.25. The van der Waals surface area contributed by atoms with Crippen LogP contribution in [-0.2, 0) is 11.2 Å². The molecule has 0 N–H and O–H groups in total. The third-order valence-electron chi connectivity index (χ3n) is 5.37. The number of carbonyl (C=O) groups excluding carboxylic acids is 1. The van der Waals surface area contributed by atoms with Gasteiger partial charge in [0.1, 0.15) is 0 Å². The van der Waals surface area contributed by atoms with Gasteiger partial charge in [-0.2, -0.15) is 4.98 Å². The first kappa shape index (κ1) is 17.7. The lowest BCUT2D eigenvalue weighted by molar-refractivity contribution is 0.0673. The molecule has 26 heavy (non-hydrogen) atoms. The van der Waals surface area contributed by atoms with Gasteiger partial charge in [-0.05, 0) is 49.5 Å². The molecule has 140 valence electrons. The first-order valence-electron chi connectivity index (χ1n) is 9.52. The van der Waals surface area contributed by atoms with Gasteiger partial charge in [-0.25, -0.2) is 0 Å². The zero-order valence-corrected chi connectivity index (χ0v) is 15.7. The Balaban J connectivity index is 1.29. The van der Waals surface area contributed by atoms with Crippen LogP contribution in [-0.4, -0.2) is 47.3 Å². The standard InChI is InChI=1S/C19H25N3O3S/c23-19(16-4-2-12-26-16)22-9-1-3-14(13-22)5-6-17-20-18(25-21-17)15-7-10-24-11-8-15/h2,4,12,14-15H,1,3,5-11,13H2. The number of piperidine rings is 1. The Hall–Kier alpha value is -1.73. The van der Waals surface area contributed by atoms with E-state index in [4.69, 9.17) is 9.26 Å². The Kier molecular flexibility index (Phi) is 5.65. The minimum absolute atomic E-state index is 0.172. The van der Waals surface area contributed by atoms with Gasteiger partial charge in [-0.15, -0.1) is 11.3 Å². The zero-order chi connectivity index (χ0) is 17.8. The molecule has 4 heterocycles. The van der Waals surface area contributed by atoms with Crippen molar-refractivity contribution in [3.8, 4) is 0 Å². The molecule has 1 unspecified atom stereocenters. The van der Waals surface area contributed by atoms with Crippen molar-refractivity contribution in [3.05, 3.63) is 34.1 Å². The van der Waals surface area contributed by atoms with E-state index in [-0.39, 0.29) is 5.91 Å². The minimum atomic E-state index is 0.172. The third-order valence-corrected chi connectivity index (χ3v) is 6.23. The lowest BCUT2D eigenvalue weighted by atomic mass is 9.93. The smallest absolute Gasteiger partial charge is 0.263 e. The van der Waals surface area contributed by atoms with E-state index in [0.717, 1.165) is 75.0 Å². The van der Waals surface area contributed by atoms with Crippen LogP contribution in [0.2, 0.25) is 0 Å². The Labute approximate surface area is 157 Å². The van der Waals surface area contributed by atoms with E-state index >= 15 is 0 Å². The molecule has 2 saturated heterocycles. The molecule has 1 atom stereocenters. The average molecular weight is 375 g/mol. The maximum atomic E-state index is 12.5. The van der Waals surface area contributed by atoms with E-state index < -0.39 is 0 Å². The molecule has 2 aliphatic heterocycles. The summed E-state index contributed by atoms with van der Waals surface area (Å²) >= 11 is 1.52. The van der Waals surface area contributed by atoms with Gasteiger partial charge in [-0.3, -0.25) is 4.79 Å². The summed E-state index contributed by atoms with van der Waals surface area (Å²) in [6.07, 6.45) is 5.98. The highest BCUT2D eigenvalue weighted by Gasteiger charge is 2.26. The van der Waals surface area contributed by atoms with E-state index in [1.807, 2.05) is 22.4 Å². The number of aryl methyl sites for hydroxylation is 1. The lowest BCUT2D eigenvalue weighted by Crippen LogP contribution is -2.39. The topological polar surface area (TPSA) is 68.5 Å². The van der Waals surface area contributed by atoms with Crippen LogP contribution in [0.1, 0.15) is 59.4 Å². The van der Waals surface area contributed by atoms with E-state index in [2.05, 4.69) is 10.1 Å². The fourth-order valence-electron chi connectivity index (χ4n) is 3.85. The summed E-state index contributed by atoms with van der Waals surface area (Å²) in [5, 5.41) is 6.12. The number of rotatable bonds is 5. The van der Waals surface area contributed by atoms with Gasteiger partial charge in [0.25, 0.3) is 5.91 Å². The Morgan fingerprint density at radius 1 is 1.31 bits per heavy atom. The van der Waals surface area contributed by atoms with Crippen molar-refractivity contribution in [1.29, 1.82) is 0 Å². The Morgan fingerprint density at radius 2 is 2.19 bits per heavy atom. The third kappa shape index (κ3) is 4.15. The highest BCUT2D eigenvalue weighted by Crippen LogP contribution is 2.27. The number of amides is 1. The van der Waals surface area contributed by atoms with Crippen LogP contribution in [0.15, 0.2) is 22.0 Å². The van der Waals surface area contributed by atoms with Crippen molar-refractivity contribution in [2.24, 2.45) is 5.92 Å². The SMILES string of the molecule is O=C(c1cccs1)N1CCCC(CCc2noc(C3CCOCC3)n2)C1. The number of likely N-dealkylation sites (tertiary alicyclic amines) is 1. The quantitative estimate of drug-likeness (QED) is 0.800. The van der Waals surface area contributed by atoms with Crippen molar-refractivity contribution in [2.45, 2.75) is 44.4 Å². The highest BCUT2D eigenvalue weighted by molar-refractivity contribution is 7.12. The first-order chi connectivity index (χ1) is 12.8. The second-order valence-corrected chi connectivity index (χ2v) is 8.16. The molecule has 2 aromatic heterocycles. The molecule has 6 nitrogen and oxygen atoms in total. The first-order valence-corrected chi connectivity index (χ1v) is 10.4. The van der Waals surface area contributed by atoms with Crippen LogP contribution in [0, 0.1) is 5.92 Å². The van der Waals surface area contributed by atoms with Gasteiger partial charge >= 0.3 is 0 Å². The van der Waals surface area contributed by atoms with Crippen LogP contribution in [0.3, 0.4) is 0 Å². The fraction of sp³-hybridized carbons (Fsp3) is 0.632. The van der Waals surface area contributed by atoms with Crippen LogP contribution < -0.4 is 0 Å². The van der Waals surface area contributed by atoms with Crippen molar-refractivity contribution in [2.75, 3.05) is 26.3 Å². The average Bonchev–Trinajstić information content (AvgIpc) is 3.39. The molecule has 1 amide bonds. The summed E-state index contributed by atoms with van der Waals surface area (Å²) in [4.78, 5) is 20.0. The molecule has 2 aromatic rings. The number of carbonyl (C=O) groups is 1. The molecular weight excluding hydrogens is 350 g/mol. The predicted molar refractivity (Wildman–Crippen MR) is 98.4 cm³/mol. The monoisotopic (exact) mass is 375 g/mol. The van der Waals surface area contributed by atoms with E-state index in [1.54, 1.807) is 0 Å². The molecule has 0 spiro atoms. The molecule has 0 aromatic carbocycles. The summed E-state index contributed by atoms with van der Waals surface area (Å²) < 4.78 is 10.9. The largest absolute Gasteiger partial charge is 0.381 e. The van der Waals surface area contributed by atoms with Crippen molar-refractivity contribution in [1.82, 2.24) is 15.0 Å². The molecule has 7 heteroatoms. The van der Waals surface area contributed by atoms with Crippen LogP contribution in [0.25, 0.3) is 0 Å². The zero-order valence-electron chi connectivity index (χ0n) is 14.9. The van der Waals surface area contributed by atoms with E-state index in [9.17, 15) is 4.79 Å². The lowest BCUT2D eigenvalue weighted by Gasteiger charge is -2.32. The van der Waals surface area contributed by atoms with Gasteiger partial charge in [-0.1, -0.05) is 11.2 Å². The molecular formula is C19H25N3O3S. The highest BCUT2D eigenvalue weighted by atomic mass is 32.1.